The van der Waals surface area contributed by atoms with E-state index in [1.165, 1.54) is 23.0 Å². The monoisotopic (exact) mass is 361 g/mol. The molecule has 0 fully saturated rings. The maximum atomic E-state index is 13.6. The molecule has 1 N–H and O–H groups in total. The number of rotatable bonds is 4. The summed E-state index contributed by atoms with van der Waals surface area (Å²) in [5.74, 6) is -0.966. The highest BCUT2D eigenvalue weighted by atomic mass is 35.5. The number of benzene rings is 2. The number of anilines is 1. The summed E-state index contributed by atoms with van der Waals surface area (Å²) in [5, 5.41) is 6.89. The molecule has 25 heavy (non-hydrogen) atoms. The lowest BCUT2D eigenvalue weighted by Gasteiger charge is -2.11. The normalized spacial score (nSPS) is 10.7. The summed E-state index contributed by atoms with van der Waals surface area (Å²) in [7, 11) is 1.61. The fourth-order valence-corrected chi connectivity index (χ4v) is 2.79. The average molecular weight is 362 g/mol. The maximum absolute atomic E-state index is 13.6. The van der Waals surface area contributed by atoms with Crippen LogP contribution in [0.4, 0.5) is 14.5 Å². The molecule has 2 aromatic carbocycles. The number of nitrogens with one attached hydrogen (secondary N) is 1. The molecule has 0 bridgehead atoms. The van der Waals surface area contributed by atoms with Gasteiger partial charge in [0.15, 0.2) is 0 Å². The highest BCUT2D eigenvalue weighted by Gasteiger charge is 2.17. The lowest BCUT2D eigenvalue weighted by Crippen LogP contribution is -2.13. The highest BCUT2D eigenvalue weighted by Crippen LogP contribution is 2.31. The smallest absolute Gasteiger partial charge is 0.259 e. The van der Waals surface area contributed by atoms with Crippen LogP contribution >= 0.6 is 11.6 Å². The van der Waals surface area contributed by atoms with Crippen LogP contribution in [0.15, 0.2) is 48.7 Å². The highest BCUT2D eigenvalue weighted by molar-refractivity contribution is 6.30. The Balaban J connectivity index is 1.97. The molecule has 0 spiro atoms. The Hall–Kier alpha value is -2.73. The van der Waals surface area contributed by atoms with Crippen molar-refractivity contribution >= 4 is 23.2 Å². The Bertz CT molecular complexity index is 920. The molecule has 4 nitrogen and oxygen atoms in total. The zero-order valence-electron chi connectivity index (χ0n) is 13.3. The van der Waals surface area contributed by atoms with Crippen molar-refractivity contribution in [1.29, 1.82) is 0 Å². The van der Waals surface area contributed by atoms with Gasteiger partial charge in [-0.05, 0) is 29.8 Å². The van der Waals surface area contributed by atoms with E-state index in [1.54, 1.807) is 37.4 Å². The number of carbonyl (C=O) groups is 1. The molecule has 7 heteroatoms. The van der Waals surface area contributed by atoms with Crippen molar-refractivity contribution in [3.63, 3.8) is 0 Å². The van der Waals surface area contributed by atoms with Gasteiger partial charge >= 0.3 is 0 Å². The second-order valence-corrected chi connectivity index (χ2v) is 5.89. The second-order valence-electron chi connectivity index (χ2n) is 5.45. The molecule has 0 saturated heterocycles. The first kappa shape index (κ1) is 17.1. The molecular weight excluding hydrogens is 348 g/mol. The standard InChI is InChI=1S/C18H14ClF2N3O/c1-24-10-15(17(9-20)23-24)18(25)22-16-5-3-2-4-14(16)11-6-12(19)8-13(21)7-11/h2-8,10H,9H2,1H3,(H,22,25). The fourth-order valence-electron chi connectivity index (χ4n) is 2.57. The van der Waals surface area contributed by atoms with Gasteiger partial charge in [0.25, 0.3) is 5.91 Å². The van der Waals surface area contributed by atoms with Crippen LogP contribution in [0, 0.1) is 5.82 Å². The number of para-hydroxylation sites is 1. The van der Waals surface area contributed by atoms with Gasteiger partial charge in [-0.15, -0.1) is 0 Å². The van der Waals surface area contributed by atoms with Crippen molar-refractivity contribution in [3.8, 4) is 11.1 Å². The quantitative estimate of drug-likeness (QED) is 0.738. The summed E-state index contributed by atoms with van der Waals surface area (Å²) >= 11 is 5.92. The van der Waals surface area contributed by atoms with Crippen LogP contribution in [0.1, 0.15) is 16.1 Å². The Morgan fingerprint density at radius 2 is 2.04 bits per heavy atom. The molecule has 1 heterocycles. The number of alkyl halides is 1. The molecular formula is C18H14ClF2N3O. The van der Waals surface area contributed by atoms with Gasteiger partial charge in [-0.3, -0.25) is 9.48 Å². The Morgan fingerprint density at radius 1 is 1.28 bits per heavy atom. The van der Waals surface area contributed by atoms with Crippen molar-refractivity contribution in [3.05, 3.63) is 70.8 Å². The molecule has 128 valence electrons. The lowest BCUT2D eigenvalue weighted by molar-refractivity contribution is 0.102. The van der Waals surface area contributed by atoms with Crippen LogP contribution in [0.3, 0.4) is 0 Å². The number of hydrogen-bond acceptors (Lipinski definition) is 2. The Morgan fingerprint density at radius 3 is 2.76 bits per heavy atom. The summed E-state index contributed by atoms with van der Waals surface area (Å²) in [6.07, 6.45) is 1.45. The molecule has 0 radical (unpaired) electrons. The van der Waals surface area contributed by atoms with E-state index in [1.807, 2.05) is 0 Å². The molecule has 0 aliphatic carbocycles. The summed E-state index contributed by atoms with van der Waals surface area (Å²) in [5.41, 5.74) is 1.80. The number of hydrogen-bond donors (Lipinski definition) is 1. The third-order valence-corrected chi connectivity index (χ3v) is 3.84. The van der Waals surface area contributed by atoms with Crippen molar-refractivity contribution in [2.24, 2.45) is 7.05 Å². The van der Waals surface area contributed by atoms with Gasteiger partial charge in [-0.25, -0.2) is 8.78 Å². The molecule has 1 amide bonds. The van der Waals surface area contributed by atoms with Crippen LogP contribution < -0.4 is 5.32 Å². The van der Waals surface area contributed by atoms with E-state index in [9.17, 15) is 13.6 Å². The van der Waals surface area contributed by atoms with Crippen LogP contribution in [0.5, 0.6) is 0 Å². The van der Waals surface area contributed by atoms with E-state index in [-0.39, 0.29) is 16.3 Å². The number of amides is 1. The summed E-state index contributed by atoms with van der Waals surface area (Å²) < 4.78 is 28.0. The fraction of sp³-hybridized carbons (Fsp3) is 0.111. The zero-order chi connectivity index (χ0) is 18.0. The molecule has 0 aliphatic heterocycles. The number of nitrogens with zero attached hydrogens (tertiary/aromatic N) is 2. The van der Waals surface area contributed by atoms with E-state index in [2.05, 4.69) is 10.4 Å². The number of aryl methyl sites for hydroxylation is 1. The van der Waals surface area contributed by atoms with Gasteiger partial charge in [-0.2, -0.15) is 5.10 Å². The predicted octanol–water partition coefficient (Wildman–Crippen LogP) is 4.60. The summed E-state index contributed by atoms with van der Waals surface area (Å²) in [6, 6.07) is 11.0. The minimum atomic E-state index is -0.843. The first-order valence-corrected chi connectivity index (χ1v) is 7.81. The van der Waals surface area contributed by atoms with E-state index in [4.69, 9.17) is 11.6 Å². The van der Waals surface area contributed by atoms with Crippen LogP contribution in [0.2, 0.25) is 5.02 Å². The van der Waals surface area contributed by atoms with Crippen molar-refractivity contribution in [2.45, 2.75) is 6.67 Å². The minimum Gasteiger partial charge on any atom is -0.321 e. The maximum Gasteiger partial charge on any atom is 0.259 e. The molecule has 0 unspecified atom stereocenters. The molecule has 3 aromatic rings. The van der Waals surface area contributed by atoms with Crippen LogP contribution in [-0.2, 0) is 13.7 Å². The summed E-state index contributed by atoms with van der Waals surface area (Å²) in [6.45, 7) is -0.843. The Kier molecular flexibility index (Phi) is 4.81. The number of halogens is 3. The summed E-state index contributed by atoms with van der Waals surface area (Å²) in [4.78, 5) is 12.5. The first-order valence-electron chi connectivity index (χ1n) is 7.43. The van der Waals surface area contributed by atoms with Crippen molar-refractivity contribution < 1.29 is 13.6 Å². The van der Waals surface area contributed by atoms with Crippen molar-refractivity contribution in [1.82, 2.24) is 9.78 Å². The van der Waals surface area contributed by atoms with E-state index in [0.29, 0.717) is 16.8 Å². The zero-order valence-corrected chi connectivity index (χ0v) is 14.0. The predicted molar refractivity (Wildman–Crippen MR) is 92.8 cm³/mol. The topological polar surface area (TPSA) is 46.9 Å². The number of carbonyl (C=O) groups excluding carboxylic acids is 1. The van der Waals surface area contributed by atoms with Gasteiger partial charge in [0.05, 0.1) is 5.56 Å². The van der Waals surface area contributed by atoms with E-state index < -0.39 is 18.4 Å². The van der Waals surface area contributed by atoms with Gasteiger partial charge in [0.1, 0.15) is 18.2 Å². The lowest BCUT2D eigenvalue weighted by atomic mass is 10.0. The van der Waals surface area contributed by atoms with Gasteiger partial charge in [0, 0.05) is 29.5 Å². The molecule has 0 saturated carbocycles. The third-order valence-electron chi connectivity index (χ3n) is 3.63. The van der Waals surface area contributed by atoms with Gasteiger partial charge in [0.2, 0.25) is 0 Å². The molecule has 0 aliphatic rings. The first-order chi connectivity index (χ1) is 12.0. The molecule has 1 aromatic heterocycles. The van der Waals surface area contributed by atoms with Crippen LogP contribution in [0.25, 0.3) is 11.1 Å². The molecule has 3 rings (SSSR count). The van der Waals surface area contributed by atoms with E-state index >= 15 is 0 Å². The van der Waals surface area contributed by atoms with E-state index in [0.717, 1.165) is 0 Å². The van der Waals surface area contributed by atoms with Crippen molar-refractivity contribution in [2.75, 3.05) is 5.32 Å². The average Bonchev–Trinajstić information content (AvgIpc) is 2.95. The van der Waals surface area contributed by atoms with Gasteiger partial charge in [-0.1, -0.05) is 29.8 Å². The molecule has 0 atom stereocenters. The largest absolute Gasteiger partial charge is 0.321 e. The minimum absolute atomic E-state index is 0.0614. The number of aromatic nitrogens is 2. The second kappa shape index (κ2) is 7.03. The Labute approximate surface area is 148 Å². The van der Waals surface area contributed by atoms with Crippen LogP contribution in [-0.4, -0.2) is 15.7 Å². The van der Waals surface area contributed by atoms with Gasteiger partial charge < -0.3 is 5.32 Å². The third kappa shape index (κ3) is 3.69. The SMILES string of the molecule is Cn1cc(C(=O)Nc2ccccc2-c2cc(F)cc(Cl)c2)c(CF)n1.